The molecule has 0 aromatic heterocycles. The molecule has 1 aliphatic rings. The van der Waals surface area contributed by atoms with Crippen LogP contribution >= 0.6 is 0 Å². The lowest BCUT2D eigenvalue weighted by Crippen LogP contribution is -2.34. The molecule has 0 fully saturated rings. The van der Waals surface area contributed by atoms with Crippen LogP contribution in [-0.2, 0) is 5.60 Å². The van der Waals surface area contributed by atoms with E-state index >= 15 is 0 Å². The maximum atomic E-state index is 10.4. The summed E-state index contributed by atoms with van der Waals surface area (Å²) in [6.45, 7) is 3.42. The van der Waals surface area contributed by atoms with Gasteiger partial charge in [-0.15, -0.1) is 0 Å². The Morgan fingerprint density at radius 2 is 2.00 bits per heavy atom. The van der Waals surface area contributed by atoms with Crippen molar-refractivity contribution in [3.05, 3.63) is 23.8 Å². The highest BCUT2D eigenvalue weighted by atomic mass is 16.5. The Kier molecular flexibility index (Phi) is 3.54. The number of aliphatic hydroxyl groups is 1. The van der Waals surface area contributed by atoms with Gasteiger partial charge < -0.3 is 20.3 Å². The maximum Gasteiger partial charge on any atom is 0.161 e. The third-order valence-corrected chi connectivity index (χ3v) is 3.21. The van der Waals surface area contributed by atoms with Crippen LogP contribution in [0.4, 0.5) is 0 Å². The van der Waals surface area contributed by atoms with E-state index in [0.717, 1.165) is 17.7 Å². The molecule has 0 bridgehead atoms. The molecule has 17 heavy (non-hydrogen) atoms. The van der Waals surface area contributed by atoms with Crippen LogP contribution < -0.4 is 15.2 Å². The van der Waals surface area contributed by atoms with Gasteiger partial charge in [-0.25, -0.2) is 0 Å². The molecule has 1 heterocycles. The first kappa shape index (κ1) is 12.2. The molecular weight excluding hydrogens is 218 g/mol. The number of hydrogen-bond acceptors (Lipinski definition) is 4. The zero-order valence-electron chi connectivity index (χ0n) is 10.1. The van der Waals surface area contributed by atoms with E-state index in [2.05, 4.69) is 0 Å². The Morgan fingerprint density at radius 1 is 1.29 bits per heavy atom. The van der Waals surface area contributed by atoms with Crippen LogP contribution in [0.15, 0.2) is 18.2 Å². The minimum atomic E-state index is -0.981. The van der Waals surface area contributed by atoms with E-state index in [4.69, 9.17) is 15.2 Å². The number of ether oxygens (including phenoxy) is 2. The van der Waals surface area contributed by atoms with Crippen LogP contribution in [-0.4, -0.2) is 24.9 Å². The Hall–Kier alpha value is -1.26. The fourth-order valence-electron chi connectivity index (χ4n) is 1.92. The largest absolute Gasteiger partial charge is 0.490 e. The molecule has 1 aliphatic heterocycles. The lowest BCUT2D eigenvalue weighted by Gasteiger charge is -2.26. The van der Waals surface area contributed by atoms with E-state index in [9.17, 15) is 5.11 Å². The van der Waals surface area contributed by atoms with Crippen LogP contribution in [0.25, 0.3) is 0 Å². The van der Waals surface area contributed by atoms with Crippen LogP contribution in [0.2, 0.25) is 0 Å². The second kappa shape index (κ2) is 4.94. The van der Waals surface area contributed by atoms with Gasteiger partial charge in [0.1, 0.15) is 5.60 Å². The van der Waals surface area contributed by atoms with Crippen molar-refractivity contribution in [1.29, 1.82) is 0 Å². The summed E-state index contributed by atoms with van der Waals surface area (Å²) in [4.78, 5) is 0. The van der Waals surface area contributed by atoms with Crippen molar-refractivity contribution in [2.45, 2.75) is 25.4 Å². The van der Waals surface area contributed by atoms with Crippen molar-refractivity contribution in [3.8, 4) is 11.5 Å². The fourth-order valence-corrected chi connectivity index (χ4v) is 1.92. The van der Waals surface area contributed by atoms with Gasteiger partial charge in [-0.3, -0.25) is 0 Å². The molecule has 4 nitrogen and oxygen atoms in total. The fraction of sp³-hybridized carbons (Fsp3) is 0.538. The van der Waals surface area contributed by atoms with E-state index in [0.29, 0.717) is 25.4 Å². The Labute approximate surface area is 101 Å². The number of nitrogens with two attached hydrogens (primary N) is 1. The van der Waals surface area contributed by atoms with Crippen molar-refractivity contribution >= 4 is 0 Å². The van der Waals surface area contributed by atoms with Gasteiger partial charge in [0.05, 0.1) is 13.2 Å². The van der Waals surface area contributed by atoms with Gasteiger partial charge in [-0.05, 0) is 24.1 Å². The molecule has 2 rings (SSSR count). The summed E-state index contributed by atoms with van der Waals surface area (Å²) < 4.78 is 11.1. The maximum absolute atomic E-state index is 10.4. The lowest BCUT2D eigenvalue weighted by molar-refractivity contribution is 0.0416. The molecule has 0 aliphatic carbocycles. The molecule has 0 spiro atoms. The van der Waals surface area contributed by atoms with Crippen molar-refractivity contribution in [1.82, 2.24) is 0 Å². The first-order valence-corrected chi connectivity index (χ1v) is 6.02. The third-order valence-electron chi connectivity index (χ3n) is 3.21. The molecule has 3 N–H and O–H groups in total. The van der Waals surface area contributed by atoms with E-state index in [1.807, 2.05) is 25.1 Å². The number of rotatable bonds is 3. The summed E-state index contributed by atoms with van der Waals surface area (Å²) >= 11 is 0. The summed E-state index contributed by atoms with van der Waals surface area (Å²) in [7, 11) is 0. The van der Waals surface area contributed by atoms with Gasteiger partial charge in [-0.2, -0.15) is 0 Å². The van der Waals surface area contributed by atoms with Crippen molar-refractivity contribution in [2.24, 2.45) is 5.73 Å². The van der Waals surface area contributed by atoms with Gasteiger partial charge in [-0.1, -0.05) is 13.0 Å². The quantitative estimate of drug-likeness (QED) is 0.834. The van der Waals surface area contributed by atoms with Crippen molar-refractivity contribution in [2.75, 3.05) is 19.8 Å². The van der Waals surface area contributed by atoms with Gasteiger partial charge in [0, 0.05) is 13.0 Å². The SMILES string of the molecule is CCC(O)(CN)c1ccc2c(c1)OCCCO2. The molecule has 0 saturated heterocycles. The highest BCUT2D eigenvalue weighted by molar-refractivity contribution is 5.45. The number of benzene rings is 1. The first-order valence-electron chi connectivity index (χ1n) is 6.02. The predicted molar refractivity (Wildman–Crippen MR) is 65.3 cm³/mol. The Morgan fingerprint density at radius 3 is 2.65 bits per heavy atom. The molecule has 94 valence electrons. The van der Waals surface area contributed by atoms with Crippen molar-refractivity contribution < 1.29 is 14.6 Å². The van der Waals surface area contributed by atoms with Crippen LogP contribution in [0.1, 0.15) is 25.3 Å². The molecule has 0 saturated carbocycles. The molecule has 4 heteroatoms. The summed E-state index contributed by atoms with van der Waals surface area (Å²) in [5.74, 6) is 1.43. The molecule has 0 amide bonds. The zero-order chi connectivity index (χ0) is 12.3. The van der Waals surface area contributed by atoms with Crippen LogP contribution in [0.5, 0.6) is 11.5 Å². The third kappa shape index (κ3) is 2.37. The first-order chi connectivity index (χ1) is 8.19. The lowest BCUT2D eigenvalue weighted by atomic mass is 9.91. The monoisotopic (exact) mass is 237 g/mol. The number of fused-ring (bicyclic) bond motifs is 1. The average Bonchev–Trinajstić information content (AvgIpc) is 2.62. The smallest absolute Gasteiger partial charge is 0.161 e. The van der Waals surface area contributed by atoms with Gasteiger partial charge >= 0.3 is 0 Å². The second-order valence-corrected chi connectivity index (χ2v) is 4.30. The minimum absolute atomic E-state index is 0.198. The molecule has 1 aromatic rings. The highest BCUT2D eigenvalue weighted by Gasteiger charge is 2.26. The highest BCUT2D eigenvalue weighted by Crippen LogP contribution is 2.34. The Bertz CT molecular complexity index is 388. The van der Waals surface area contributed by atoms with Gasteiger partial charge in [0.25, 0.3) is 0 Å². The number of hydrogen-bond donors (Lipinski definition) is 2. The second-order valence-electron chi connectivity index (χ2n) is 4.30. The van der Waals surface area contributed by atoms with Crippen LogP contribution in [0.3, 0.4) is 0 Å². The summed E-state index contributed by atoms with van der Waals surface area (Å²) in [6, 6.07) is 5.52. The van der Waals surface area contributed by atoms with E-state index < -0.39 is 5.60 Å². The van der Waals surface area contributed by atoms with Gasteiger partial charge in [0.2, 0.25) is 0 Å². The van der Waals surface area contributed by atoms with Crippen molar-refractivity contribution in [3.63, 3.8) is 0 Å². The normalized spacial score (nSPS) is 18.3. The minimum Gasteiger partial charge on any atom is -0.490 e. The van der Waals surface area contributed by atoms with Gasteiger partial charge in [0.15, 0.2) is 11.5 Å². The summed E-state index contributed by atoms with van der Waals surface area (Å²) in [5.41, 5.74) is 5.44. The summed E-state index contributed by atoms with van der Waals surface area (Å²) in [5, 5.41) is 10.4. The van der Waals surface area contributed by atoms with E-state index in [1.165, 1.54) is 0 Å². The molecule has 1 unspecified atom stereocenters. The van der Waals surface area contributed by atoms with Crippen LogP contribution in [0, 0.1) is 0 Å². The molecular formula is C13H19NO3. The predicted octanol–water partition coefficient (Wildman–Crippen LogP) is 1.40. The topological polar surface area (TPSA) is 64.7 Å². The molecule has 1 atom stereocenters. The summed E-state index contributed by atoms with van der Waals surface area (Å²) in [6.07, 6.45) is 1.45. The average molecular weight is 237 g/mol. The zero-order valence-corrected chi connectivity index (χ0v) is 10.1. The standard InChI is InChI=1S/C13H19NO3/c1-2-13(15,9-14)10-4-5-11-12(8-10)17-7-3-6-16-11/h4-5,8,15H,2-3,6-7,9,14H2,1H3. The molecule has 1 aromatic carbocycles. The van der Waals surface area contributed by atoms with E-state index in [1.54, 1.807) is 0 Å². The van der Waals surface area contributed by atoms with E-state index in [-0.39, 0.29) is 6.54 Å². The molecule has 0 radical (unpaired) electrons. The Balaban J connectivity index is 2.35.